The SMILES string of the molecule is C#CCCCCC(=O)NCC(C)(O)CC. The van der Waals surface area contributed by atoms with Gasteiger partial charge in [-0.25, -0.2) is 0 Å². The third kappa shape index (κ3) is 8.02. The average Bonchev–Trinajstić information content (AvgIpc) is 2.22. The molecular formula is C12H21NO2. The van der Waals surface area contributed by atoms with Gasteiger partial charge in [0.2, 0.25) is 5.91 Å². The van der Waals surface area contributed by atoms with Crippen molar-refractivity contribution in [2.24, 2.45) is 0 Å². The van der Waals surface area contributed by atoms with Crippen LogP contribution >= 0.6 is 0 Å². The number of carbonyl (C=O) groups is 1. The molecule has 2 N–H and O–H groups in total. The summed E-state index contributed by atoms with van der Waals surface area (Å²) in [5.74, 6) is 2.52. The molecule has 0 fully saturated rings. The molecule has 1 amide bonds. The van der Waals surface area contributed by atoms with Crippen molar-refractivity contribution < 1.29 is 9.90 Å². The Hall–Kier alpha value is -1.01. The standard InChI is InChI=1S/C12H21NO2/c1-4-6-7-8-9-11(14)13-10-12(3,15)5-2/h1,15H,5-10H2,2-3H3,(H,13,14). The average molecular weight is 211 g/mol. The Balaban J connectivity index is 3.54. The third-order valence-corrected chi connectivity index (χ3v) is 2.40. The van der Waals surface area contributed by atoms with Gasteiger partial charge in [-0.15, -0.1) is 12.3 Å². The number of nitrogens with one attached hydrogen (secondary N) is 1. The highest BCUT2D eigenvalue weighted by molar-refractivity contribution is 5.75. The van der Waals surface area contributed by atoms with Crippen LogP contribution in [0.4, 0.5) is 0 Å². The van der Waals surface area contributed by atoms with Crippen LogP contribution < -0.4 is 5.32 Å². The lowest BCUT2D eigenvalue weighted by molar-refractivity contribution is -0.122. The molecule has 3 nitrogen and oxygen atoms in total. The van der Waals surface area contributed by atoms with E-state index in [0.29, 0.717) is 19.4 Å². The number of carbonyl (C=O) groups excluding carboxylic acids is 1. The smallest absolute Gasteiger partial charge is 0.220 e. The summed E-state index contributed by atoms with van der Waals surface area (Å²) in [5.41, 5.74) is -0.797. The maximum Gasteiger partial charge on any atom is 0.220 e. The van der Waals surface area contributed by atoms with E-state index >= 15 is 0 Å². The molecule has 0 heterocycles. The second-order valence-corrected chi connectivity index (χ2v) is 4.04. The van der Waals surface area contributed by atoms with E-state index in [1.54, 1.807) is 6.92 Å². The monoisotopic (exact) mass is 211 g/mol. The summed E-state index contributed by atoms with van der Waals surface area (Å²) in [5, 5.41) is 12.4. The quantitative estimate of drug-likeness (QED) is 0.495. The fraction of sp³-hybridized carbons (Fsp3) is 0.750. The van der Waals surface area contributed by atoms with Gasteiger partial charge in [0.15, 0.2) is 0 Å². The molecule has 0 aliphatic heterocycles. The number of hydrogen-bond acceptors (Lipinski definition) is 2. The van der Waals surface area contributed by atoms with Crippen LogP contribution in [0.3, 0.4) is 0 Å². The number of hydrogen-bond donors (Lipinski definition) is 2. The third-order valence-electron chi connectivity index (χ3n) is 2.40. The van der Waals surface area contributed by atoms with Crippen LogP contribution in [0, 0.1) is 12.3 Å². The van der Waals surface area contributed by atoms with Gasteiger partial charge in [-0.1, -0.05) is 6.92 Å². The predicted octanol–water partition coefficient (Wildman–Crippen LogP) is 1.46. The van der Waals surface area contributed by atoms with E-state index in [9.17, 15) is 9.90 Å². The van der Waals surface area contributed by atoms with E-state index in [2.05, 4.69) is 11.2 Å². The largest absolute Gasteiger partial charge is 0.388 e. The van der Waals surface area contributed by atoms with Crippen LogP contribution in [0.15, 0.2) is 0 Å². The van der Waals surface area contributed by atoms with Crippen LogP contribution in [-0.4, -0.2) is 23.2 Å². The van der Waals surface area contributed by atoms with Crippen LogP contribution in [0.1, 0.15) is 46.0 Å². The molecule has 0 rings (SSSR count). The molecule has 1 atom stereocenters. The summed E-state index contributed by atoms with van der Waals surface area (Å²) >= 11 is 0. The molecular weight excluding hydrogens is 190 g/mol. The molecule has 0 aromatic rings. The van der Waals surface area contributed by atoms with Gasteiger partial charge < -0.3 is 10.4 Å². The molecule has 0 bridgehead atoms. The second-order valence-electron chi connectivity index (χ2n) is 4.04. The summed E-state index contributed by atoms with van der Waals surface area (Å²) in [6, 6.07) is 0. The fourth-order valence-electron chi connectivity index (χ4n) is 1.02. The molecule has 3 heteroatoms. The molecule has 0 saturated heterocycles. The van der Waals surface area contributed by atoms with E-state index in [0.717, 1.165) is 19.3 Å². The van der Waals surface area contributed by atoms with E-state index in [1.165, 1.54) is 0 Å². The first-order chi connectivity index (χ1) is 7.02. The van der Waals surface area contributed by atoms with Crippen molar-refractivity contribution in [1.29, 1.82) is 0 Å². The van der Waals surface area contributed by atoms with Crippen molar-refractivity contribution >= 4 is 5.91 Å². The Kier molecular flexibility index (Phi) is 6.81. The minimum atomic E-state index is -0.797. The van der Waals surface area contributed by atoms with Crippen molar-refractivity contribution in [2.45, 2.75) is 51.6 Å². The van der Waals surface area contributed by atoms with Gasteiger partial charge in [-0.2, -0.15) is 0 Å². The zero-order valence-electron chi connectivity index (χ0n) is 9.68. The molecule has 0 aliphatic carbocycles. The van der Waals surface area contributed by atoms with Gasteiger partial charge in [-0.05, 0) is 26.2 Å². The van der Waals surface area contributed by atoms with E-state index in [-0.39, 0.29) is 5.91 Å². The first kappa shape index (κ1) is 14.0. The Morgan fingerprint density at radius 3 is 2.73 bits per heavy atom. The van der Waals surface area contributed by atoms with Gasteiger partial charge in [0.1, 0.15) is 0 Å². The number of rotatable bonds is 7. The number of aliphatic hydroxyl groups is 1. The normalized spacial score (nSPS) is 14.0. The first-order valence-corrected chi connectivity index (χ1v) is 5.44. The van der Waals surface area contributed by atoms with Crippen molar-refractivity contribution in [3.8, 4) is 12.3 Å². The van der Waals surface area contributed by atoms with Gasteiger partial charge in [-0.3, -0.25) is 4.79 Å². The summed E-state index contributed by atoms with van der Waals surface area (Å²) < 4.78 is 0. The molecule has 15 heavy (non-hydrogen) atoms. The maximum atomic E-state index is 11.3. The van der Waals surface area contributed by atoms with Crippen LogP contribution in [0.5, 0.6) is 0 Å². The molecule has 0 aromatic heterocycles. The number of amides is 1. The van der Waals surface area contributed by atoms with Crippen molar-refractivity contribution in [1.82, 2.24) is 5.32 Å². The molecule has 1 unspecified atom stereocenters. The Labute approximate surface area is 92.3 Å². The lowest BCUT2D eigenvalue weighted by atomic mass is 10.0. The highest BCUT2D eigenvalue weighted by atomic mass is 16.3. The van der Waals surface area contributed by atoms with Crippen LogP contribution in [0.25, 0.3) is 0 Å². The fourth-order valence-corrected chi connectivity index (χ4v) is 1.02. The minimum Gasteiger partial charge on any atom is -0.388 e. The van der Waals surface area contributed by atoms with Crippen LogP contribution in [0.2, 0.25) is 0 Å². The second kappa shape index (κ2) is 7.30. The molecule has 0 aromatic carbocycles. The highest BCUT2D eigenvalue weighted by Gasteiger charge is 2.17. The molecule has 0 spiro atoms. The molecule has 0 saturated carbocycles. The summed E-state index contributed by atoms with van der Waals surface area (Å²) in [6.07, 6.45) is 8.63. The number of terminal acetylenes is 1. The first-order valence-electron chi connectivity index (χ1n) is 5.44. The zero-order valence-corrected chi connectivity index (χ0v) is 9.68. The van der Waals surface area contributed by atoms with Crippen molar-refractivity contribution in [3.63, 3.8) is 0 Å². The Bertz CT molecular complexity index is 228. The lowest BCUT2D eigenvalue weighted by Gasteiger charge is -2.21. The lowest BCUT2D eigenvalue weighted by Crippen LogP contribution is -2.39. The van der Waals surface area contributed by atoms with E-state index in [4.69, 9.17) is 6.42 Å². The Morgan fingerprint density at radius 2 is 2.20 bits per heavy atom. The van der Waals surface area contributed by atoms with E-state index < -0.39 is 5.60 Å². The summed E-state index contributed by atoms with van der Waals surface area (Å²) in [6.45, 7) is 3.92. The number of unbranched alkanes of at least 4 members (excludes halogenated alkanes) is 2. The van der Waals surface area contributed by atoms with Gasteiger partial charge in [0.05, 0.1) is 5.60 Å². The topological polar surface area (TPSA) is 49.3 Å². The molecule has 0 radical (unpaired) electrons. The van der Waals surface area contributed by atoms with Crippen molar-refractivity contribution in [3.05, 3.63) is 0 Å². The van der Waals surface area contributed by atoms with Crippen LogP contribution in [-0.2, 0) is 4.79 Å². The summed E-state index contributed by atoms with van der Waals surface area (Å²) in [4.78, 5) is 11.3. The van der Waals surface area contributed by atoms with Gasteiger partial charge in [0, 0.05) is 19.4 Å². The van der Waals surface area contributed by atoms with Crippen molar-refractivity contribution in [2.75, 3.05) is 6.54 Å². The zero-order chi connectivity index (χ0) is 11.7. The Morgan fingerprint density at radius 1 is 1.53 bits per heavy atom. The highest BCUT2D eigenvalue weighted by Crippen LogP contribution is 2.06. The molecule has 86 valence electrons. The van der Waals surface area contributed by atoms with E-state index in [1.807, 2.05) is 6.92 Å². The molecule has 0 aliphatic rings. The van der Waals surface area contributed by atoms with Gasteiger partial charge >= 0.3 is 0 Å². The summed E-state index contributed by atoms with van der Waals surface area (Å²) in [7, 11) is 0. The van der Waals surface area contributed by atoms with Gasteiger partial charge in [0.25, 0.3) is 0 Å². The predicted molar refractivity (Wildman–Crippen MR) is 61.2 cm³/mol. The minimum absolute atomic E-state index is 0.0132. The maximum absolute atomic E-state index is 11.3.